The lowest BCUT2D eigenvalue weighted by Crippen LogP contribution is -2.35. The fraction of sp³-hybridized carbons (Fsp3) is 0.308. The Kier molecular flexibility index (Phi) is 4.25. The minimum absolute atomic E-state index is 0.205. The highest BCUT2D eigenvalue weighted by molar-refractivity contribution is 5.95. The van der Waals surface area contributed by atoms with Crippen LogP contribution in [-0.2, 0) is 4.79 Å². The minimum Gasteiger partial charge on any atom is -0.322 e. The van der Waals surface area contributed by atoms with Crippen molar-refractivity contribution >= 4 is 11.6 Å². The van der Waals surface area contributed by atoms with Gasteiger partial charge in [0.2, 0.25) is 5.91 Å². The van der Waals surface area contributed by atoms with E-state index in [4.69, 9.17) is 5.73 Å². The summed E-state index contributed by atoms with van der Waals surface area (Å²) in [5, 5.41) is 6.90. The Bertz CT molecular complexity index is 538. The van der Waals surface area contributed by atoms with E-state index in [0.29, 0.717) is 17.9 Å². The largest absolute Gasteiger partial charge is 0.322 e. The van der Waals surface area contributed by atoms with Gasteiger partial charge in [-0.3, -0.25) is 4.79 Å². The van der Waals surface area contributed by atoms with Gasteiger partial charge in [-0.1, -0.05) is 13.3 Å². The van der Waals surface area contributed by atoms with Crippen molar-refractivity contribution in [3.8, 4) is 5.82 Å². The Morgan fingerprint density at radius 2 is 2.32 bits per heavy atom. The predicted octanol–water partition coefficient (Wildman–Crippen LogP) is 1.33. The average molecular weight is 259 g/mol. The van der Waals surface area contributed by atoms with Crippen LogP contribution in [-0.4, -0.2) is 26.7 Å². The van der Waals surface area contributed by atoms with E-state index >= 15 is 0 Å². The van der Waals surface area contributed by atoms with E-state index in [-0.39, 0.29) is 5.91 Å². The van der Waals surface area contributed by atoms with E-state index < -0.39 is 6.04 Å². The molecule has 2 heterocycles. The molecule has 19 heavy (non-hydrogen) atoms. The number of nitrogens with zero attached hydrogens (tertiary/aromatic N) is 3. The Hall–Kier alpha value is -2.21. The first-order chi connectivity index (χ1) is 9.22. The minimum atomic E-state index is -0.504. The maximum atomic E-state index is 11.9. The van der Waals surface area contributed by atoms with Crippen molar-refractivity contribution in [1.29, 1.82) is 0 Å². The standard InChI is InChI=1S/C13H17N5O/c1-2-5-10(14)13(19)17-11-6-3-7-15-12(11)18-9-4-8-16-18/h3-4,6-10H,2,5,14H2,1H3,(H,17,19)/t10-/m1/s1. The van der Waals surface area contributed by atoms with Crippen LogP contribution >= 0.6 is 0 Å². The second-order valence-electron chi connectivity index (χ2n) is 4.21. The van der Waals surface area contributed by atoms with Crippen LogP contribution in [0.5, 0.6) is 0 Å². The number of nitrogens with one attached hydrogen (secondary N) is 1. The van der Waals surface area contributed by atoms with Gasteiger partial charge in [0.05, 0.1) is 11.7 Å². The van der Waals surface area contributed by atoms with E-state index in [0.717, 1.165) is 6.42 Å². The van der Waals surface area contributed by atoms with Crippen molar-refractivity contribution in [2.45, 2.75) is 25.8 Å². The van der Waals surface area contributed by atoms with Gasteiger partial charge >= 0.3 is 0 Å². The number of amides is 1. The van der Waals surface area contributed by atoms with Crippen LogP contribution in [0.3, 0.4) is 0 Å². The summed E-state index contributed by atoms with van der Waals surface area (Å²) in [5.74, 6) is 0.368. The molecule has 0 saturated carbocycles. The van der Waals surface area contributed by atoms with Crippen molar-refractivity contribution in [2.75, 3.05) is 5.32 Å². The lowest BCUT2D eigenvalue weighted by Gasteiger charge is -2.13. The monoisotopic (exact) mass is 259 g/mol. The molecule has 0 aromatic carbocycles. The fourth-order valence-electron chi connectivity index (χ4n) is 1.74. The molecule has 3 N–H and O–H groups in total. The summed E-state index contributed by atoms with van der Waals surface area (Å²) in [6.45, 7) is 1.99. The van der Waals surface area contributed by atoms with Gasteiger partial charge in [-0.05, 0) is 24.6 Å². The highest BCUT2D eigenvalue weighted by atomic mass is 16.2. The molecule has 2 rings (SSSR count). The van der Waals surface area contributed by atoms with E-state index in [1.165, 1.54) is 0 Å². The van der Waals surface area contributed by atoms with E-state index in [9.17, 15) is 4.79 Å². The Morgan fingerprint density at radius 3 is 3.00 bits per heavy atom. The topological polar surface area (TPSA) is 85.8 Å². The number of rotatable bonds is 5. The molecule has 0 aliphatic carbocycles. The molecule has 0 aliphatic rings. The van der Waals surface area contributed by atoms with Crippen LogP contribution in [0.25, 0.3) is 5.82 Å². The highest BCUT2D eigenvalue weighted by Crippen LogP contribution is 2.16. The summed E-state index contributed by atoms with van der Waals surface area (Å²) in [6, 6.07) is 4.83. The number of aromatic nitrogens is 3. The Morgan fingerprint density at radius 1 is 1.47 bits per heavy atom. The smallest absolute Gasteiger partial charge is 0.241 e. The molecule has 0 aliphatic heterocycles. The zero-order valence-corrected chi connectivity index (χ0v) is 10.8. The number of carbonyl (C=O) groups is 1. The molecule has 2 aromatic heterocycles. The fourth-order valence-corrected chi connectivity index (χ4v) is 1.74. The first-order valence-corrected chi connectivity index (χ1v) is 6.24. The van der Waals surface area contributed by atoms with Gasteiger partial charge in [0.1, 0.15) is 0 Å². The van der Waals surface area contributed by atoms with Crippen LogP contribution in [0.1, 0.15) is 19.8 Å². The summed E-state index contributed by atoms with van der Waals surface area (Å²) < 4.78 is 1.60. The first-order valence-electron chi connectivity index (χ1n) is 6.24. The van der Waals surface area contributed by atoms with Crippen molar-refractivity contribution in [2.24, 2.45) is 5.73 Å². The number of pyridine rings is 1. The molecule has 0 bridgehead atoms. The summed E-state index contributed by atoms with van der Waals surface area (Å²) in [7, 11) is 0. The highest BCUT2D eigenvalue weighted by Gasteiger charge is 2.15. The molecule has 0 saturated heterocycles. The SMILES string of the molecule is CCC[C@@H](N)C(=O)Nc1cccnc1-n1cccn1. The normalized spacial score (nSPS) is 12.1. The number of anilines is 1. The lowest BCUT2D eigenvalue weighted by molar-refractivity contribution is -0.117. The van der Waals surface area contributed by atoms with Gasteiger partial charge in [-0.15, -0.1) is 0 Å². The van der Waals surface area contributed by atoms with Crippen LogP contribution in [0.4, 0.5) is 5.69 Å². The summed E-state index contributed by atoms with van der Waals surface area (Å²) >= 11 is 0. The number of carbonyl (C=O) groups excluding carboxylic acids is 1. The number of hydrogen-bond donors (Lipinski definition) is 2. The predicted molar refractivity (Wildman–Crippen MR) is 72.9 cm³/mol. The van der Waals surface area contributed by atoms with E-state index in [1.54, 1.807) is 41.5 Å². The van der Waals surface area contributed by atoms with Crippen molar-refractivity contribution in [3.63, 3.8) is 0 Å². The van der Waals surface area contributed by atoms with Gasteiger partial charge in [-0.2, -0.15) is 5.10 Å². The molecular weight excluding hydrogens is 242 g/mol. The molecule has 0 radical (unpaired) electrons. The summed E-state index contributed by atoms with van der Waals surface area (Å²) in [5.41, 5.74) is 6.39. The van der Waals surface area contributed by atoms with Crippen molar-refractivity contribution in [1.82, 2.24) is 14.8 Å². The van der Waals surface area contributed by atoms with Gasteiger partial charge in [0, 0.05) is 18.6 Å². The van der Waals surface area contributed by atoms with Gasteiger partial charge < -0.3 is 11.1 Å². The molecule has 0 spiro atoms. The molecule has 2 aromatic rings. The molecule has 6 nitrogen and oxygen atoms in total. The van der Waals surface area contributed by atoms with Gasteiger partial charge in [-0.25, -0.2) is 9.67 Å². The zero-order valence-electron chi connectivity index (χ0n) is 10.8. The maximum absolute atomic E-state index is 11.9. The Labute approximate surface area is 111 Å². The number of nitrogens with two attached hydrogens (primary N) is 1. The first kappa shape index (κ1) is 13.2. The van der Waals surface area contributed by atoms with Crippen molar-refractivity contribution in [3.05, 3.63) is 36.8 Å². The van der Waals surface area contributed by atoms with E-state index in [2.05, 4.69) is 15.4 Å². The zero-order chi connectivity index (χ0) is 13.7. The second kappa shape index (κ2) is 6.10. The third-order valence-corrected chi connectivity index (χ3v) is 2.70. The molecule has 1 amide bonds. The maximum Gasteiger partial charge on any atom is 0.241 e. The van der Waals surface area contributed by atoms with Crippen molar-refractivity contribution < 1.29 is 4.79 Å². The second-order valence-corrected chi connectivity index (χ2v) is 4.21. The van der Waals surface area contributed by atoms with E-state index in [1.807, 2.05) is 6.92 Å². The summed E-state index contributed by atoms with van der Waals surface area (Å²) in [4.78, 5) is 16.2. The van der Waals surface area contributed by atoms with Crippen LogP contribution < -0.4 is 11.1 Å². The van der Waals surface area contributed by atoms with Gasteiger partial charge in [0.25, 0.3) is 0 Å². The van der Waals surface area contributed by atoms with Gasteiger partial charge in [0.15, 0.2) is 5.82 Å². The quantitative estimate of drug-likeness (QED) is 0.848. The third kappa shape index (κ3) is 3.17. The average Bonchev–Trinajstić information content (AvgIpc) is 2.93. The van der Waals surface area contributed by atoms with Crippen LogP contribution in [0, 0.1) is 0 Å². The molecule has 0 unspecified atom stereocenters. The Balaban J connectivity index is 2.19. The molecule has 1 atom stereocenters. The molecule has 100 valence electrons. The third-order valence-electron chi connectivity index (χ3n) is 2.70. The number of hydrogen-bond acceptors (Lipinski definition) is 4. The van der Waals surface area contributed by atoms with Crippen LogP contribution in [0.2, 0.25) is 0 Å². The molecule has 0 fully saturated rings. The lowest BCUT2D eigenvalue weighted by atomic mass is 10.1. The summed E-state index contributed by atoms with van der Waals surface area (Å²) in [6.07, 6.45) is 6.60. The van der Waals surface area contributed by atoms with Crippen LogP contribution in [0.15, 0.2) is 36.8 Å². The molecule has 6 heteroatoms. The molecular formula is C13H17N5O.